The number of nitrogens with one attached hydrogen (secondary N) is 2. The lowest BCUT2D eigenvalue weighted by molar-refractivity contribution is -0.138. The van der Waals surface area contributed by atoms with E-state index in [4.69, 9.17) is 4.74 Å². The third-order valence-electron chi connectivity index (χ3n) is 3.36. The van der Waals surface area contributed by atoms with Gasteiger partial charge in [0.25, 0.3) is 0 Å². The first-order valence-electron chi connectivity index (χ1n) is 6.54. The summed E-state index contributed by atoms with van der Waals surface area (Å²) < 4.78 is 5.31. The average Bonchev–Trinajstić information content (AvgIpc) is 2.38. The Morgan fingerprint density at radius 3 is 2.94 bits per heavy atom. The van der Waals surface area contributed by atoms with Crippen LogP contribution in [0.25, 0.3) is 0 Å². The second-order valence-corrected chi connectivity index (χ2v) is 4.91. The number of ether oxygens (including phenoxy) is 1. The fourth-order valence-corrected chi connectivity index (χ4v) is 2.53. The highest BCUT2D eigenvalue weighted by Crippen LogP contribution is 2.12. The molecule has 0 aromatic heterocycles. The Bertz CT molecular complexity index is 316. The summed E-state index contributed by atoms with van der Waals surface area (Å²) in [7, 11) is 0. The third kappa shape index (κ3) is 3.43. The Labute approximate surface area is 107 Å². The van der Waals surface area contributed by atoms with Crippen molar-refractivity contribution in [2.75, 3.05) is 32.8 Å². The number of hydrogen-bond acceptors (Lipinski definition) is 4. The molecule has 18 heavy (non-hydrogen) atoms. The summed E-state index contributed by atoms with van der Waals surface area (Å²) in [5.41, 5.74) is 0. The largest absolute Gasteiger partial charge is 0.378 e. The fourth-order valence-electron chi connectivity index (χ4n) is 2.53. The minimum atomic E-state index is -0.227. The molecule has 2 N–H and O–H groups in total. The predicted octanol–water partition coefficient (Wildman–Crippen LogP) is -0.898. The molecule has 102 valence electrons. The molecular weight excluding hydrogens is 234 g/mol. The van der Waals surface area contributed by atoms with Crippen molar-refractivity contribution in [2.45, 2.75) is 31.8 Å². The van der Waals surface area contributed by atoms with Gasteiger partial charge in [0, 0.05) is 32.6 Å². The molecule has 2 rings (SSSR count). The van der Waals surface area contributed by atoms with Crippen LogP contribution in [0.5, 0.6) is 0 Å². The molecule has 0 aromatic carbocycles. The quantitative estimate of drug-likeness (QED) is 0.671. The number of nitrogens with zero attached hydrogens (tertiary/aromatic N) is 1. The molecule has 6 nitrogen and oxygen atoms in total. The maximum absolute atomic E-state index is 12.3. The number of carbonyl (C=O) groups is 2. The van der Waals surface area contributed by atoms with Crippen molar-refractivity contribution >= 4 is 11.8 Å². The molecule has 0 bridgehead atoms. The number of piperidine rings is 1. The number of hydrogen-bond donors (Lipinski definition) is 2. The van der Waals surface area contributed by atoms with Crippen LogP contribution in [0.4, 0.5) is 0 Å². The van der Waals surface area contributed by atoms with Crippen molar-refractivity contribution in [2.24, 2.45) is 0 Å². The fraction of sp³-hybridized carbons (Fsp3) is 0.833. The lowest BCUT2D eigenvalue weighted by Gasteiger charge is -2.36. The molecule has 0 aromatic rings. The molecule has 0 radical (unpaired) electrons. The molecule has 2 aliphatic heterocycles. The average molecular weight is 255 g/mol. The van der Waals surface area contributed by atoms with Crippen LogP contribution in [0.3, 0.4) is 0 Å². The molecule has 2 atom stereocenters. The zero-order valence-corrected chi connectivity index (χ0v) is 10.8. The van der Waals surface area contributed by atoms with Crippen molar-refractivity contribution in [3.8, 4) is 0 Å². The van der Waals surface area contributed by atoms with E-state index in [0.29, 0.717) is 19.8 Å². The van der Waals surface area contributed by atoms with Crippen LogP contribution < -0.4 is 10.6 Å². The molecule has 6 heteroatoms. The van der Waals surface area contributed by atoms with Crippen LogP contribution in [0.1, 0.15) is 19.8 Å². The van der Waals surface area contributed by atoms with Crippen molar-refractivity contribution < 1.29 is 14.3 Å². The lowest BCUT2D eigenvalue weighted by Crippen LogP contribution is -2.57. The van der Waals surface area contributed by atoms with Crippen LogP contribution in [-0.4, -0.2) is 61.6 Å². The first-order chi connectivity index (χ1) is 8.66. The van der Waals surface area contributed by atoms with Gasteiger partial charge in [-0.25, -0.2) is 0 Å². The molecule has 2 fully saturated rings. The summed E-state index contributed by atoms with van der Waals surface area (Å²) in [4.78, 5) is 25.1. The zero-order valence-electron chi connectivity index (χ0n) is 10.8. The predicted molar refractivity (Wildman–Crippen MR) is 66.0 cm³/mol. The number of amides is 2. The van der Waals surface area contributed by atoms with Crippen molar-refractivity contribution in [3.05, 3.63) is 0 Å². The van der Waals surface area contributed by atoms with Crippen LogP contribution in [-0.2, 0) is 14.3 Å². The maximum atomic E-state index is 12.3. The van der Waals surface area contributed by atoms with Gasteiger partial charge in [-0.3, -0.25) is 9.59 Å². The molecule has 2 unspecified atom stereocenters. The third-order valence-corrected chi connectivity index (χ3v) is 3.36. The molecule has 2 aliphatic rings. The smallest absolute Gasteiger partial charge is 0.242 e. The maximum Gasteiger partial charge on any atom is 0.242 e. The standard InChI is InChI=1S/C12H21N3O3/c1-9(16)14-10-3-2-5-15(7-10)12(17)11-8-18-6-4-13-11/h10-11,13H,2-8H2,1H3,(H,14,16). The van der Waals surface area contributed by atoms with Gasteiger partial charge < -0.3 is 20.3 Å². The second-order valence-electron chi connectivity index (χ2n) is 4.91. The van der Waals surface area contributed by atoms with Crippen LogP contribution >= 0.6 is 0 Å². The van der Waals surface area contributed by atoms with Crippen LogP contribution in [0, 0.1) is 0 Å². The lowest BCUT2D eigenvalue weighted by atomic mass is 10.0. The van der Waals surface area contributed by atoms with Gasteiger partial charge >= 0.3 is 0 Å². The molecule has 0 aliphatic carbocycles. The molecular formula is C12H21N3O3. The van der Waals surface area contributed by atoms with E-state index in [1.54, 1.807) is 0 Å². The summed E-state index contributed by atoms with van der Waals surface area (Å²) >= 11 is 0. The second kappa shape index (κ2) is 6.15. The molecule has 2 saturated heterocycles. The molecule has 2 amide bonds. The van der Waals surface area contributed by atoms with Gasteiger partial charge in [0.2, 0.25) is 11.8 Å². The highest BCUT2D eigenvalue weighted by Gasteiger charge is 2.30. The summed E-state index contributed by atoms with van der Waals surface area (Å²) in [5.74, 6) is 0.0539. The molecule has 0 saturated carbocycles. The van der Waals surface area contributed by atoms with E-state index in [0.717, 1.165) is 25.9 Å². The highest BCUT2D eigenvalue weighted by molar-refractivity contribution is 5.82. The van der Waals surface area contributed by atoms with Crippen LogP contribution in [0.15, 0.2) is 0 Å². The number of rotatable bonds is 2. The normalized spacial score (nSPS) is 28.8. The minimum Gasteiger partial charge on any atom is -0.378 e. The van der Waals surface area contributed by atoms with Gasteiger partial charge in [0.15, 0.2) is 0 Å². The van der Waals surface area contributed by atoms with Gasteiger partial charge in [-0.1, -0.05) is 0 Å². The number of likely N-dealkylation sites (tertiary alicyclic amines) is 1. The number of morpholine rings is 1. The van der Waals surface area contributed by atoms with Crippen LogP contribution in [0.2, 0.25) is 0 Å². The van der Waals surface area contributed by atoms with E-state index in [9.17, 15) is 9.59 Å². The molecule has 2 heterocycles. The Hall–Kier alpha value is -1.14. The highest BCUT2D eigenvalue weighted by atomic mass is 16.5. The minimum absolute atomic E-state index is 0.0339. The Morgan fingerprint density at radius 2 is 2.28 bits per heavy atom. The zero-order chi connectivity index (χ0) is 13.0. The first-order valence-corrected chi connectivity index (χ1v) is 6.54. The van der Waals surface area contributed by atoms with E-state index in [-0.39, 0.29) is 23.9 Å². The van der Waals surface area contributed by atoms with E-state index >= 15 is 0 Å². The Morgan fingerprint density at radius 1 is 1.44 bits per heavy atom. The van der Waals surface area contributed by atoms with E-state index in [1.807, 2.05) is 4.90 Å². The summed E-state index contributed by atoms with van der Waals surface area (Å²) in [5, 5.41) is 6.05. The SMILES string of the molecule is CC(=O)NC1CCCN(C(=O)C2COCCN2)C1. The number of carbonyl (C=O) groups excluding carboxylic acids is 2. The molecule has 0 spiro atoms. The van der Waals surface area contributed by atoms with Gasteiger partial charge in [-0.05, 0) is 12.8 Å². The summed E-state index contributed by atoms with van der Waals surface area (Å²) in [6.07, 6.45) is 1.88. The Kier molecular flexibility index (Phi) is 4.54. The Balaban J connectivity index is 1.87. The van der Waals surface area contributed by atoms with Gasteiger partial charge in [0.1, 0.15) is 6.04 Å². The van der Waals surface area contributed by atoms with Crippen molar-refractivity contribution in [1.29, 1.82) is 0 Å². The van der Waals surface area contributed by atoms with E-state index in [1.165, 1.54) is 6.92 Å². The van der Waals surface area contributed by atoms with Gasteiger partial charge in [-0.2, -0.15) is 0 Å². The van der Waals surface area contributed by atoms with E-state index < -0.39 is 0 Å². The van der Waals surface area contributed by atoms with Crippen molar-refractivity contribution in [1.82, 2.24) is 15.5 Å². The topological polar surface area (TPSA) is 70.7 Å². The summed E-state index contributed by atoms with van der Waals surface area (Å²) in [6.45, 7) is 4.72. The first kappa shape index (κ1) is 13.3. The monoisotopic (exact) mass is 255 g/mol. The van der Waals surface area contributed by atoms with Crippen molar-refractivity contribution in [3.63, 3.8) is 0 Å². The van der Waals surface area contributed by atoms with E-state index in [2.05, 4.69) is 10.6 Å². The van der Waals surface area contributed by atoms with Gasteiger partial charge in [0.05, 0.1) is 13.2 Å². The summed E-state index contributed by atoms with van der Waals surface area (Å²) in [6, 6.07) is -0.139. The van der Waals surface area contributed by atoms with Gasteiger partial charge in [-0.15, -0.1) is 0 Å².